The van der Waals surface area contributed by atoms with Gasteiger partial charge in [-0.1, -0.05) is 20.8 Å². The highest BCUT2D eigenvalue weighted by Gasteiger charge is 2.43. The van der Waals surface area contributed by atoms with Crippen LogP contribution < -0.4 is 0 Å². The molecule has 2 amide bonds. The number of hydrogen-bond donors (Lipinski definition) is 1. The van der Waals surface area contributed by atoms with E-state index >= 15 is 0 Å². The first-order chi connectivity index (χ1) is 7.54. The highest BCUT2D eigenvalue weighted by atomic mass is 28.4. The molecule has 0 radical (unpaired) electrons. The van der Waals surface area contributed by atoms with Gasteiger partial charge in [0.15, 0.2) is 8.32 Å². The smallest absolute Gasteiger partial charge is 0.414 e. The molecule has 98 valence electrons. The quantitative estimate of drug-likeness (QED) is 0.773. The summed E-state index contributed by atoms with van der Waals surface area (Å²) in [6, 6.07) is 0. The van der Waals surface area contributed by atoms with E-state index in [2.05, 4.69) is 33.9 Å². The number of carboxylic acid groups (broad SMARTS) is 1. The molecule has 6 heteroatoms. The number of carbonyl (C=O) groups is 2. The first kappa shape index (κ1) is 14.2. The summed E-state index contributed by atoms with van der Waals surface area (Å²) in [7, 11) is -1.94. The fourth-order valence-electron chi connectivity index (χ4n) is 1.53. The van der Waals surface area contributed by atoms with Crippen molar-refractivity contribution in [3.8, 4) is 0 Å². The number of imide groups is 1. The summed E-state index contributed by atoms with van der Waals surface area (Å²) in [6.45, 7) is 10.7. The first-order valence-corrected chi connectivity index (χ1v) is 8.66. The second kappa shape index (κ2) is 4.42. The van der Waals surface area contributed by atoms with Crippen LogP contribution in [0.3, 0.4) is 0 Å². The number of amides is 2. The third-order valence-electron chi connectivity index (χ3n) is 3.59. The molecule has 0 aromatic rings. The van der Waals surface area contributed by atoms with Crippen molar-refractivity contribution in [3.63, 3.8) is 0 Å². The summed E-state index contributed by atoms with van der Waals surface area (Å²) in [6.07, 6.45) is -1.28. The molecule has 0 saturated carbocycles. The van der Waals surface area contributed by atoms with Gasteiger partial charge in [-0.2, -0.15) is 0 Å². The van der Waals surface area contributed by atoms with Crippen molar-refractivity contribution in [1.82, 2.24) is 4.90 Å². The molecule has 0 aromatic heterocycles. The van der Waals surface area contributed by atoms with Crippen molar-refractivity contribution in [2.75, 3.05) is 6.54 Å². The van der Waals surface area contributed by atoms with Gasteiger partial charge in [0.2, 0.25) is 5.91 Å². The summed E-state index contributed by atoms with van der Waals surface area (Å²) in [5.74, 6) is -0.360. The maximum Gasteiger partial charge on any atom is 0.414 e. The lowest BCUT2D eigenvalue weighted by Crippen LogP contribution is -2.44. The summed E-state index contributed by atoms with van der Waals surface area (Å²) in [5.41, 5.74) is 0. The number of rotatable bonds is 2. The van der Waals surface area contributed by atoms with Gasteiger partial charge in [-0.15, -0.1) is 0 Å². The van der Waals surface area contributed by atoms with Gasteiger partial charge in [0.05, 0.1) is 19.1 Å². The average molecular weight is 259 g/mol. The maximum atomic E-state index is 11.4. The van der Waals surface area contributed by atoms with Crippen LogP contribution in [0.1, 0.15) is 27.2 Å². The zero-order chi connectivity index (χ0) is 13.4. The van der Waals surface area contributed by atoms with E-state index in [0.717, 1.165) is 4.90 Å². The lowest BCUT2D eigenvalue weighted by atomic mass is 10.2. The molecule has 17 heavy (non-hydrogen) atoms. The van der Waals surface area contributed by atoms with Crippen molar-refractivity contribution in [1.29, 1.82) is 0 Å². The summed E-state index contributed by atoms with van der Waals surface area (Å²) in [4.78, 5) is 23.1. The monoisotopic (exact) mass is 259 g/mol. The van der Waals surface area contributed by atoms with E-state index in [-0.39, 0.29) is 30.0 Å². The third kappa shape index (κ3) is 3.07. The minimum absolute atomic E-state index is 0.0622. The molecular formula is C11H21NO4Si. The molecule has 0 spiro atoms. The normalized spacial score (nSPS) is 22.1. The lowest BCUT2D eigenvalue weighted by Gasteiger charge is -2.38. The second-order valence-electron chi connectivity index (χ2n) is 5.99. The number of hydrogen-bond acceptors (Lipinski definition) is 3. The molecule has 0 aromatic carbocycles. The van der Waals surface area contributed by atoms with Crippen LogP contribution in [0.5, 0.6) is 0 Å². The molecule has 1 rings (SSSR count). The largest absolute Gasteiger partial charge is 0.465 e. The van der Waals surface area contributed by atoms with E-state index in [1.807, 2.05) is 0 Å². The van der Waals surface area contributed by atoms with E-state index in [1.165, 1.54) is 0 Å². The maximum absolute atomic E-state index is 11.4. The molecule has 1 heterocycles. The Hall–Kier alpha value is -0.883. The van der Waals surface area contributed by atoms with Crippen LogP contribution in [0, 0.1) is 0 Å². The molecule has 1 aliphatic heterocycles. The molecule has 0 bridgehead atoms. The van der Waals surface area contributed by atoms with Gasteiger partial charge in [-0.05, 0) is 18.1 Å². The summed E-state index contributed by atoms with van der Waals surface area (Å²) >= 11 is 0. The Morgan fingerprint density at radius 2 is 2.00 bits per heavy atom. The molecule has 1 fully saturated rings. The fraction of sp³-hybridized carbons (Fsp3) is 0.818. The molecule has 0 aliphatic carbocycles. The molecular weight excluding hydrogens is 238 g/mol. The van der Waals surface area contributed by atoms with Crippen LogP contribution in [0.15, 0.2) is 0 Å². The Labute approximate surface area is 103 Å². The van der Waals surface area contributed by atoms with E-state index in [4.69, 9.17) is 9.53 Å². The molecule has 1 aliphatic rings. The number of nitrogens with zero attached hydrogens (tertiary/aromatic N) is 1. The van der Waals surface area contributed by atoms with Gasteiger partial charge in [-0.25, -0.2) is 9.69 Å². The predicted molar refractivity (Wildman–Crippen MR) is 66.4 cm³/mol. The van der Waals surface area contributed by atoms with Crippen molar-refractivity contribution in [2.45, 2.75) is 51.4 Å². The van der Waals surface area contributed by atoms with Crippen molar-refractivity contribution in [3.05, 3.63) is 0 Å². The van der Waals surface area contributed by atoms with E-state index in [9.17, 15) is 9.59 Å². The minimum atomic E-state index is -1.94. The Morgan fingerprint density at radius 1 is 1.47 bits per heavy atom. The predicted octanol–water partition coefficient (Wildman–Crippen LogP) is 2.29. The molecule has 1 atom stereocenters. The molecule has 0 unspecified atom stereocenters. The van der Waals surface area contributed by atoms with Gasteiger partial charge in [0.25, 0.3) is 0 Å². The van der Waals surface area contributed by atoms with E-state index in [1.54, 1.807) is 0 Å². The van der Waals surface area contributed by atoms with E-state index in [0.29, 0.717) is 0 Å². The summed E-state index contributed by atoms with van der Waals surface area (Å²) in [5, 5.41) is 8.88. The van der Waals surface area contributed by atoms with Gasteiger partial charge in [0.1, 0.15) is 0 Å². The minimum Gasteiger partial charge on any atom is -0.465 e. The number of carbonyl (C=O) groups excluding carboxylic acids is 1. The molecule has 1 saturated heterocycles. The highest BCUT2D eigenvalue weighted by Crippen LogP contribution is 2.38. The Kier molecular flexibility index (Phi) is 3.68. The number of likely N-dealkylation sites (tertiary alicyclic amines) is 1. The van der Waals surface area contributed by atoms with Gasteiger partial charge in [-0.3, -0.25) is 4.79 Å². The van der Waals surface area contributed by atoms with Crippen molar-refractivity contribution < 1.29 is 19.1 Å². The molecule has 5 nitrogen and oxygen atoms in total. The van der Waals surface area contributed by atoms with Gasteiger partial charge in [0, 0.05) is 0 Å². The van der Waals surface area contributed by atoms with E-state index < -0.39 is 14.4 Å². The second-order valence-corrected chi connectivity index (χ2v) is 10.7. The average Bonchev–Trinajstić information content (AvgIpc) is 2.43. The Bertz CT molecular complexity index is 335. The Balaban J connectivity index is 2.68. The topological polar surface area (TPSA) is 66.8 Å². The van der Waals surface area contributed by atoms with Gasteiger partial charge >= 0.3 is 6.09 Å². The zero-order valence-electron chi connectivity index (χ0n) is 11.1. The SMILES string of the molecule is CC(C)(C)[Si](C)(C)O[C@@H]1CC(=O)N(C(=O)O)C1. The fourth-order valence-corrected chi connectivity index (χ4v) is 2.88. The standard InChI is InChI=1S/C11H21NO4Si/c1-11(2,3)17(4,5)16-8-6-9(13)12(7-8)10(14)15/h8H,6-7H2,1-5H3,(H,14,15)/t8-/m1/s1. The van der Waals surface area contributed by atoms with Crippen molar-refractivity contribution in [2.24, 2.45) is 0 Å². The Morgan fingerprint density at radius 3 is 2.35 bits per heavy atom. The van der Waals surface area contributed by atoms with Crippen LogP contribution in [0.25, 0.3) is 0 Å². The highest BCUT2D eigenvalue weighted by molar-refractivity contribution is 6.74. The van der Waals surface area contributed by atoms with Crippen LogP contribution >= 0.6 is 0 Å². The first-order valence-electron chi connectivity index (χ1n) is 5.76. The van der Waals surface area contributed by atoms with Crippen LogP contribution in [0.2, 0.25) is 18.1 Å². The lowest BCUT2D eigenvalue weighted by molar-refractivity contribution is -0.126. The van der Waals surface area contributed by atoms with Gasteiger partial charge < -0.3 is 9.53 Å². The van der Waals surface area contributed by atoms with Crippen molar-refractivity contribution >= 4 is 20.3 Å². The third-order valence-corrected chi connectivity index (χ3v) is 8.12. The summed E-state index contributed by atoms with van der Waals surface area (Å²) < 4.78 is 6.03. The van der Waals surface area contributed by atoms with Crippen LogP contribution in [-0.4, -0.2) is 43.0 Å². The molecule has 1 N–H and O–H groups in total. The zero-order valence-corrected chi connectivity index (χ0v) is 12.1. The van der Waals surface area contributed by atoms with Crippen LogP contribution in [-0.2, 0) is 9.22 Å². The van der Waals surface area contributed by atoms with Crippen LogP contribution in [0.4, 0.5) is 4.79 Å².